The molecule has 0 saturated carbocycles. The van der Waals surface area contributed by atoms with Crippen LogP contribution in [0.15, 0.2) is 54.7 Å². The van der Waals surface area contributed by atoms with Crippen molar-refractivity contribution >= 4 is 23.0 Å². The lowest BCUT2D eigenvalue weighted by Gasteiger charge is -2.26. The number of rotatable bonds is 4. The molecule has 0 spiro atoms. The smallest absolute Gasteiger partial charge is 0.410 e. The molecule has 7 rings (SSSR count). The van der Waals surface area contributed by atoms with Crippen molar-refractivity contribution in [3.8, 4) is 16.9 Å². The highest BCUT2D eigenvalue weighted by atomic mass is 19.3. The number of hydrogen-bond acceptors (Lipinski definition) is 7. The lowest BCUT2D eigenvalue weighted by molar-refractivity contribution is -0.0507. The monoisotopic (exact) mass is 620 g/mol. The van der Waals surface area contributed by atoms with E-state index in [1.54, 1.807) is 49.7 Å². The quantitative estimate of drug-likeness (QED) is 0.314. The standard InChI is InChI=1S/C33H33F2N5O5/c1-32(2,3)45-31(42)39-13-12-33(43,17-39)26-11-9-19(16-36-26)18-8-10-21-22(14-18)40-23-15-24(28(40)37-21)38(4)29(41)20-6-5-7-25(27(20)23)44-30(34)35/h5-11,14,16,23-24,30,43H,12-13,15,17H2,1-4H3/t23-,24-,33?/m1/s1/i4D3. The molecule has 5 heterocycles. The first-order valence-electron chi connectivity index (χ1n) is 16.1. The van der Waals surface area contributed by atoms with E-state index < -0.39 is 48.9 Å². The Hall–Kier alpha value is -4.58. The van der Waals surface area contributed by atoms with Crippen LogP contribution in [0.1, 0.15) is 77.2 Å². The Morgan fingerprint density at radius 1 is 1.16 bits per heavy atom. The summed E-state index contributed by atoms with van der Waals surface area (Å²) in [6.07, 6.45) is 1.52. The number of ether oxygens (including phenoxy) is 2. The zero-order valence-corrected chi connectivity index (χ0v) is 24.8. The minimum absolute atomic E-state index is 0.0182. The minimum Gasteiger partial charge on any atom is -0.444 e. The highest BCUT2D eigenvalue weighted by Crippen LogP contribution is 2.50. The number of likely N-dealkylation sites (tertiary alicyclic amines) is 1. The molecule has 45 heavy (non-hydrogen) atoms. The number of carbonyl (C=O) groups excluding carboxylic acids is 2. The van der Waals surface area contributed by atoms with Crippen LogP contribution in [-0.2, 0) is 10.3 Å². The Morgan fingerprint density at radius 3 is 2.67 bits per heavy atom. The maximum atomic E-state index is 13.7. The van der Waals surface area contributed by atoms with Crippen LogP contribution in [0.4, 0.5) is 13.6 Å². The van der Waals surface area contributed by atoms with Crippen LogP contribution in [0.3, 0.4) is 0 Å². The van der Waals surface area contributed by atoms with Crippen LogP contribution in [0.25, 0.3) is 22.2 Å². The lowest BCUT2D eigenvalue weighted by Crippen LogP contribution is -2.38. The SMILES string of the molecule is [2H]C([2H])([2H])N1C(=O)c2cccc(OC(F)F)c2[C@H]2C[C@@H]1c1nc3ccc(-c4ccc(C5(O)CCN(C(=O)OC(C)(C)C)C5)nc4)cc3n12. The summed E-state index contributed by atoms with van der Waals surface area (Å²) < 4.78 is 63.7. The Bertz CT molecular complexity index is 1940. The average Bonchev–Trinajstić information content (AvgIpc) is 3.66. The van der Waals surface area contributed by atoms with Gasteiger partial charge in [-0.2, -0.15) is 8.78 Å². The molecule has 0 radical (unpaired) electrons. The Kier molecular flexibility index (Phi) is 5.85. The predicted octanol–water partition coefficient (Wildman–Crippen LogP) is 5.65. The number of amides is 2. The number of pyridine rings is 1. The first-order valence-corrected chi connectivity index (χ1v) is 14.6. The Morgan fingerprint density at radius 2 is 1.96 bits per heavy atom. The predicted molar refractivity (Wildman–Crippen MR) is 160 cm³/mol. The van der Waals surface area contributed by atoms with E-state index in [0.717, 1.165) is 10.5 Å². The summed E-state index contributed by atoms with van der Waals surface area (Å²) in [5.74, 6) is -0.672. The van der Waals surface area contributed by atoms with Crippen molar-refractivity contribution in [3.05, 3.63) is 77.4 Å². The summed E-state index contributed by atoms with van der Waals surface area (Å²) in [6, 6.07) is 11.5. The fourth-order valence-electron chi connectivity index (χ4n) is 6.61. The second kappa shape index (κ2) is 10.2. The number of aliphatic hydroxyl groups is 1. The van der Waals surface area contributed by atoms with E-state index in [9.17, 15) is 23.5 Å². The first kappa shape index (κ1) is 25.7. The number of benzene rings is 2. The molecule has 4 aromatic rings. The van der Waals surface area contributed by atoms with Gasteiger partial charge in [0.2, 0.25) is 0 Å². The highest BCUT2D eigenvalue weighted by molar-refractivity contribution is 5.98. The second-order valence-corrected chi connectivity index (χ2v) is 12.7. The number of β-amino-alcohol motifs (C(OH)–C–C–N with tert-alkyl or cyclic N) is 1. The van der Waals surface area contributed by atoms with Crippen molar-refractivity contribution in [2.75, 3.05) is 20.1 Å². The zero-order valence-electron chi connectivity index (χ0n) is 27.8. The van der Waals surface area contributed by atoms with Gasteiger partial charge in [-0.1, -0.05) is 18.2 Å². The number of hydrogen-bond donors (Lipinski definition) is 1. The van der Waals surface area contributed by atoms with E-state index in [-0.39, 0.29) is 29.8 Å². The van der Waals surface area contributed by atoms with E-state index >= 15 is 0 Å². The number of imidazole rings is 1. The molecule has 3 aliphatic heterocycles. The van der Waals surface area contributed by atoms with Gasteiger partial charge in [0, 0.05) is 53.4 Å². The van der Waals surface area contributed by atoms with Crippen molar-refractivity contribution < 1.29 is 37.1 Å². The van der Waals surface area contributed by atoms with Gasteiger partial charge in [-0.15, -0.1) is 0 Å². The van der Waals surface area contributed by atoms with Crippen molar-refractivity contribution in [2.24, 2.45) is 0 Å². The van der Waals surface area contributed by atoms with E-state index in [1.165, 1.54) is 23.1 Å². The van der Waals surface area contributed by atoms with Gasteiger partial charge in [0.1, 0.15) is 22.8 Å². The van der Waals surface area contributed by atoms with Crippen molar-refractivity contribution in [1.82, 2.24) is 24.3 Å². The van der Waals surface area contributed by atoms with Crippen LogP contribution < -0.4 is 4.74 Å². The number of carbonyl (C=O) groups is 2. The van der Waals surface area contributed by atoms with Crippen LogP contribution in [0.2, 0.25) is 0 Å². The third-order valence-corrected chi connectivity index (χ3v) is 8.62. The molecular weight excluding hydrogens is 584 g/mol. The van der Waals surface area contributed by atoms with Gasteiger partial charge in [-0.25, -0.2) is 9.78 Å². The van der Waals surface area contributed by atoms with Gasteiger partial charge in [0.25, 0.3) is 5.91 Å². The average molecular weight is 621 g/mol. The molecule has 3 aliphatic rings. The maximum Gasteiger partial charge on any atom is 0.410 e. The van der Waals surface area contributed by atoms with Crippen LogP contribution in [0, 0.1) is 0 Å². The van der Waals surface area contributed by atoms with Crippen molar-refractivity contribution in [2.45, 2.75) is 63.5 Å². The molecule has 2 aromatic heterocycles. The molecule has 10 nitrogen and oxygen atoms in total. The van der Waals surface area contributed by atoms with Crippen molar-refractivity contribution in [1.29, 1.82) is 0 Å². The van der Waals surface area contributed by atoms with E-state index in [1.807, 2.05) is 12.1 Å². The molecule has 3 atom stereocenters. The third-order valence-electron chi connectivity index (χ3n) is 8.62. The lowest BCUT2D eigenvalue weighted by atomic mass is 9.96. The number of nitrogens with zero attached hydrogens (tertiary/aromatic N) is 5. The summed E-state index contributed by atoms with van der Waals surface area (Å²) >= 11 is 0. The summed E-state index contributed by atoms with van der Waals surface area (Å²) in [6.45, 7) is -0.289. The fourth-order valence-corrected chi connectivity index (χ4v) is 6.61. The zero-order chi connectivity index (χ0) is 34.3. The number of alkyl halides is 2. The molecule has 0 aliphatic carbocycles. The number of fused-ring (bicyclic) bond motifs is 9. The van der Waals surface area contributed by atoms with E-state index in [4.69, 9.17) is 18.6 Å². The Balaban J connectivity index is 1.26. The van der Waals surface area contributed by atoms with E-state index in [2.05, 4.69) is 4.98 Å². The molecule has 234 valence electrons. The molecule has 1 unspecified atom stereocenters. The normalized spacial score (nSPS) is 23.8. The van der Waals surface area contributed by atoms with E-state index in [0.29, 0.717) is 41.1 Å². The third kappa shape index (κ3) is 4.87. The van der Waals surface area contributed by atoms with Gasteiger partial charge >= 0.3 is 12.7 Å². The van der Waals surface area contributed by atoms with Gasteiger partial charge in [-0.05, 0) is 56.7 Å². The maximum absolute atomic E-state index is 13.7. The minimum atomic E-state index is -3.16. The number of halogens is 2. The number of aromatic nitrogens is 3. The fraction of sp³-hybridized carbons (Fsp3) is 0.394. The molecule has 2 bridgehead atoms. The van der Waals surface area contributed by atoms with Gasteiger partial charge < -0.3 is 28.9 Å². The van der Waals surface area contributed by atoms with Crippen molar-refractivity contribution in [3.63, 3.8) is 0 Å². The molecule has 1 saturated heterocycles. The summed E-state index contributed by atoms with van der Waals surface area (Å²) in [7, 11) is 0. The van der Waals surface area contributed by atoms with Gasteiger partial charge in [0.15, 0.2) is 0 Å². The highest BCUT2D eigenvalue weighted by Gasteiger charge is 2.45. The van der Waals surface area contributed by atoms with Crippen LogP contribution in [-0.4, -0.2) is 73.7 Å². The molecule has 1 fully saturated rings. The summed E-state index contributed by atoms with van der Waals surface area (Å²) in [5, 5.41) is 11.4. The van der Waals surface area contributed by atoms with Crippen LogP contribution in [0.5, 0.6) is 5.75 Å². The Labute approximate surface area is 262 Å². The van der Waals surface area contributed by atoms with Gasteiger partial charge in [-0.3, -0.25) is 9.78 Å². The molecule has 1 N–H and O–H groups in total. The largest absolute Gasteiger partial charge is 0.444 e. The molecular formula is C33H33F2N5O5. The first-order chi connectivity index (χ1) is 22.5. The molecule has 2 amide bonds. The topological polar surface area (TPSA) is 110 Å². The second-order valence-electron chi connectivity index (χ2n) is 12.7. The summed E-state index contributed by atoms with van der Waals surface area (Å²) in [5.41, 5.74) is 1.15. The van der Waals surface area contributed by atoms with Gasteiger partial charge in [0.05, 0.1) is 35.4 Å². The molecule has 2 aromatic carbocycles. The summed E-state index contributed by atoms with van der Waals surface area (Å²) in [4.78, 5) is 37.8. The molecule has 12 heteroatoms. The van der Waals surface area contributed by atoms with Crippen LogP contribution >= 0.6 is 0 Å².